The first-order valence-corrected chi connectivity index (χ1v) is 6.48. The van der Waals surface area contributed by atoms with Crippen molar-refractivity contribution in [2.45, 2.75) is 13.5 Å². The van der Waals surface area contributed by atoms with Crippen molar-refractivity contribution in [2.75, 3.05) is 11.9 Å². The van der Waals surface area contributed by atoms with Gasteiger partial charge in [0.25, 0.3) is 0 Å². The summed E-state index contributed by atoms with van der Waals surface area (Å²) < 4.78 is 18.7. The molecule has 0 atom stereocenters. The minimum Gasteiger partial charge on any atom is -0.494 e. The number of hydrogen-bond acceptors (Lipinski definition) is 2. The standard InChI is InChI=1S/C15H15ClFNO/c1-2-19-13-7-4-6-12(9-13)18-10-11-5-3-8-14(17)15(11)16/h3-9,18H,2,10H2,1H3. The molecular weight excluding hydrogens is 265 g/mol. The van der Waals surface area contributed by atoms with Crippen LogP contribution in [0, 0.1) is 5.82 Å². The summed E-state index contributed by atoms with van der Waals surface area (Å²) in [5.41, 5.74) is 1.63. The average Bonchev–Trinajstić information content (AvgIpc) is 2.41. The fourth-order valence-corrected chi connectivity index (χ4v) is 1.94. The summed E-state index contributed by atoms with van der Waals surface area (Å²) in [4.78, 5) is 0. The molecule has 2 aromatic rings. The third-order valence-corrected chi connectivity index (χ3v) is 3.08. The van der Waals surface area contributed by atoms with Crippen LogP contribution in [0.1, 0.15) is 12.5 Å². The number of ether oxygens (including phenoxy) is 1. The lowest BCUT2D eigenvalue weighted by atomic mass is 10.2. The number of hydrogen-bond donors (Lipinski definition) is 1. The largest absolute Gasteiger partial charge is 0.494 e. The van der Waals surface area contributed by atoms with Gasteiger partial charge in [-0.05, 0) is 30.7 Å². The molecule has 0 aliphatic heterocycles. The molecule has 0 radical (unpaired) electrons. The number of nitrogens with one attached hydrogen (secondary N) is 1. The van der Waals surface area contributed by atoms with E-state index in [0.717, 1.165) is 17.0 Å². The molecule has 100 valence electrons. The van der Waals surface area contributed by atoms with Crippen LogP contribution in [0.15, 0.2) is 42.5 Å². The van der Waals surface area contributed by atoms with Crippen molar-refractivity contribution < 1.29 is 9.13 Å². The van der Waals surface area contributed by atoms with Gasteiger partial charge in [0.2, 0.25) is 0 Å². The van der Waals surface area contributed by atoms with Crippen molar-refractivity contribution >= 4 is 17.3 Å². The quantitative estimate of drug-likeness (QED) is 0.871. The molecule has 0 amide bonds. The van der Waals surface area contributed by atoms with E-state index in [0.29, 0.717) is 13.2 Å². The topological polar surface area (TPSA) is 21.3 Å². The van der Waals surface area contributed by atoms with Gasteiger partial charge in [-0.1, -0.05) is 29.8 Å². The minimum absolute atomic E-state index is 0.163. The van der Waals surface area contributed by atoms with Crippen LogP contribution in [-0.2, 0) is 6.54 Å². The van der Waals surface area contributed by atoms with E-state index in [-0.39, 0.29) is 5.02 Å². The third-order valence-electron chi connectivity index (χ3n) is 2.66. The van der Waals surface area contributed by atoms with E-state index in [1.165, 1.54) is 6.07 Å². The zero-order valence-electron chi connectivity index (χ0n) is 10.6. The lowest BCUT2D eigenvalue weighted by molar-refractivity contribution is 0.340. The molecule has 0 unspecified atom stereocenters. The number of benzene rings is 2. The lowest BCUT2D eigenvalue weighted by Gasteiger charge is -2.10. The maximum atomic E-state index is 13.3. The Bertz CT molecular complexity index is 560. The average molecular weight is 280 g/mol. The smallest absolute Gasteiger partial charge is 0.142 e. The summed E-state index contributed by atoms with van der Waals surface area (Å²) in [6.45, 7) is 3.03. The molecule has 0 bridgehead atoms. The Kier molecular flexibility index (Phi) is 4.63. The van der Waals surface area contributed by atoms with Gasteiger partial charge in [0.05, 0.1) is 11.6 Å². The van der Waals surface area contributed by atoms with Crippen LogP contribution in [0.2, 0.25) is 5.02 Å². The maximum Gasteiger partial charge on any atom is 0.142 e. The van der Waals surface area contributed by atoms with Gasteiger partial charge >= 0.3 is 0 Å². The molecule has 0 spiro atoms. The Morgan fingerprint density at radius 3 is 2.79 bits per heavy atom. The number of anilines is 1. The van der Waals surface area contributed by atoms with Crippen molar-refractivity contribution in [3.05, 3.63) is 58.9 Å². The fourth-order valence-electron chi connectivity index (χ4n) is 1.74. The van der Waals surface area contributed by atoms with E-state index in [1.807, 2.05) is 31.2 Å². The summed E-state index contributed by atoms with van der Waals surface area (Å²) in [7, 11) is 0. The second-order valence-corrected chi connectivity index (χ2v) is 4.41. The van der Waals surface area contributed by atoms with E-state index < -0.39 is 5.82 Å². The lowest BCUT2D eigenvalue weighted by Crippen LogP contribution is -2.01. The van der Waals surface area contributed by atoms with E-state index in [4.69, 9.17) is 16.3 Å². The molecule has 0 fully saturated rings. The molecule has 0 aliphatic rings. The Labute approximate surface area is 117 Å². The van der Waals surface area contributed by atoms with Crippen LogP contribution in [0.25, 0.3) is 0 Å². The molecule has 0 aromatic heterocycles. The predicted octanol–water partition coefficient (Wildman–Crippen LogP) is 4.49. The molecule has 19 heavy (non-hydrogen) atoms. The van der Waals surface area contributed by atoms with Gasteiger partial charge in [0, 0.05) is 18.3 Å². The Morgan fingerprint density at radius 1 is 1.21 bits per heavy atom. The van der Waals surface area contributed by atoms with Crippen molar-refractivity contribution in [3.8, 4) is 5.75 Å². The first kappa shape index (κ1) is 13.7. The van der Waals surface area contributed by atoms with Crippen LogP contribution in [0.5, 0.6) is 5.75 Å². The van der Waals surface area contributed by atoms with E-state index in [9.17, 15) is 4.39 Å². The molecule has 2 rings (SSSR count). The molecule has 0 saturated heterocycles. The van der Waals surface area contributed by atoms with E-state index >= 15 is 0 Å². The highest BCUT2D eigenvalue weighted by Gasteiger charge is 2.05. The summed E-state index contributed by atoms with van der Waals surface area (Å²) >= 11 is 5.90. The molecule has 0 aliphatic carbocycles. The van der Waals surface area contributed by atoms with Crippen molar-refractivity contribution in [1.29, 1.82) is 0 Å². The molecular formula is C15H15ClFNO. The van der Waals surface area contributed by atoms with Gasteiger partial charge in [-0.2, -0.15) is 0 Å². The van der Waals surface area contributed by atoms with Crippen molar-refractivity contribution in [2.24, 2.45) is 0 Å². The number of rotatable bonds is 5. The normalized spacial score (nSPS) is 10.3. The molecule has 1 N–H and O–H groups in total. The molecule has 4 heteroatoms. The highest BCUT2D eigenvalue weighted by molar-refractivity contribution is 6.31. The Balaban J connectivity index is 2.06. The monoisotopic (exact) mass is 279 g/mol. The molecule has 2 aromatic carbocycles. The van der Waals surface area contributed by atoms with Gasteiger partial charge in [-0.15, -0.1) is 0 Å². The van der Waals surface area contributed by atoms with Gasteiger partial charge in [0.1, 0.15) is 11.6 Å². The first-order chi connectivity index (χ1) is 9.20. The van der Waals surface area contributed by atoms with Crippen LogP contribution >= 0.6 is 11.6 Å². The summed E-state index contributed by atoms with van der Waals surface area (Å²) in [5, 5.41) is 3.36. The second-order valence-electron chi connectivity index (χ2n) is 4.03. The van der Waals surface area contributed by atoms with E-state index in [1.54, 1.807) is 12.1 Å². The second kappa shape index (κ2) is 6.43. The zero-order chi connectivity index (χ0) is 13.7. The van der Waals surface area contributed by atoms with Crippen LogP contribution < -0.4 is 10.1 Å². The predicted molar refractivity (Wildman–Crippen MR) is 76.3 cm³/mol. The molecule has 2 nitrogen and oxygen atoms in total. The SMILES string of the molecule is CCOc1cccc(NCc2cccc(F)c2Cl)c1. The van der Waals surface area contributed by atoms with Crippen molar-refractivity contribution in [1.82, 2.24) is 0 Å². The zero-order valence-corrected chi connectivity index (χ0v) is 11.4. The van der Waals surface area contributed by atoms with Crippen LogP contribution in [-0.4, -0.2) is 6.61 Å². The van der Waals surface area contributed by atoms with Gasteiger partial charge in [0.15, 0.2) is 0 Å². The number of halogens is 2. The highest BCUT2D eigenvalue weighted by atomic mass is 35.5. The minimum atomic E-state index is -0.399. The Hall–Kier alpha value is -1.74. The highest BCUT2D eigenvalue weighted by Crippen LogP contribution is 2.22. The van der Waals surface area contributed by atoms with Gasteiger partial charge < -0.3 is 10.1 Å². The summed E-state index contributed by atoms with van der Waals surface area (Å²) in [5.74, 6) is 0.405. The molecule has 0 heterocycles. The van der Waals surface area contributed by atoms with Crippen LogP contribution in [0.4, 0.5) is 10.1 Å². The van der Waals surface area contributed by atoms with Crippen molar-refractivity contribution in [3.63, 3.8) is 0 Å². The maximum absolute atomic E-state index is 13.3. The van der Waals surface area contributed by atoms with Crippen LogP contribution in [0.3, 0.4) is 0 Å². The fraction of sp³-hybridized carbons (Fsp3) is 0.200. The summed E-state index contributed by atoms with van der Waals surface area (Å²) in [6.07, 6.45) is 0. The third kappa shape index (κ3) is 3.61. The van der Waals surface area contributed by atoms with E-state index in [2.05, 4.69) is 5.32 Å². The Morgan fingerprint density at radius 2 is 2.00 bits per heavy atom. The van der Waals surface area contributed by atoms with Gasteiger partial charge in [-0.25, -0.2) is 4.39 Å². The molecule has 0 saturated carbocycles. The first-order valence-electron chi connectivity index (χ1n) is 6.10. The van der Waals surface area contributed by atoms with Gasteiger partial charge in [-0.3, -0.25) is 0 Å². The summed E-state index contributed by atoms with van der Waals surface area (Å²) in [6, 6.07) is 12.4.